The predicted octanol–water partition coefficient (Wildman–Crippen LogP) is 2.87. The molecule has 0 amide bonds. The first-order valence-corrected chi connectivity index (χ1v) is 7.17. The van der Waals surface area contributed by atoms with Crippen molar-refractivity contribution >= 4 is 23.4 Å². The van der Waals surface area contributed by atoms with Crippen LogP contribution in [0.3, 0.4) is 0 Å². The number of carbonyl (C=O) groups is 1. The fourth-order valence-electron chi connectivity index (χ4n) is 1.60. The SMILES string of the molecule is COc1ccc(OCCc2nc(/C=C/C(=O)O)cs2)cc1. The van der Waals surface area contributed by atoms with Crippen LogP contribution in [0.2, 0.25) is 0 Å². The van der Waals surface area contributed by atoms with Crippen molar-refractivity contribution in [2.75, 3.05) is 13.7 Å². The lowest BCUT2D eigenvalue weighted by Gasteiger charge is -2.05. The number of nitrogens with zero attached hydrogens (tertiary/aromatic N) is 1. The number of thiazole rings is 1. The molecule has 5 nitrogen and oxygen atoms in total. The fourth-order valence-corrected chi connectivity index (χ4v) is 2.35. The topological polar surface area (TPSA) is 68.7 Å². The number of carboxylic acids is 1. The van der Waals surface area contributed by atoms with Crippen molar-refractivity contribution in [1.82, 2.24) is 4.98 Å². The molecular weight excluding hydrogens is 290 g/mol. The summed E-state index contributed by atoms with van der Waals surface area (Å²) in [5, 5.41) is 11.3. The highest BCUT2D eigenvalue weighted by atomic mass is 32.1. The number of aromatic nitrogens is 1. The van der Waals surface area contributed by atoms with E-state index in [4.69, 9.17) is 14.6 Å². The van der Waals surface area contributed by atoms with Crippen LogP contribution in [0.4, 0.5) is 0 Å². The molecular formula is C15H15NO4S. The molecule has 0 bridgehead atoms. The van der Waals surface area contributed by atoms with Crippen LogP contribution in [0, 0.1) is 0 Å². The van der Waals surface area contributed by atoms with Crippen molar-refractivity contribution in [1.29, 1.82) is 0 Å². The van der Waals surface area contributed by atoms with E-state index in [2.05, 4.69) is 4.98 Å². The molecule has 2 rings (SSSR count). The van der Waals surface area contributed by atoms with Crippen molar-refractivity contribution in [3.63, 3.8) is 0 Å². The summed E-state index contributed by atoms with van der Waals surface area (Å²) in [5.41, 5.74) is 0.654. The second kappa shape index (κ2) is 7.44. The van der Waals surface area contributed by atoms with Crippen molar-refractivity contribution in [2.45, 2.75) is 6.42 Å². The van der Waals surface area contributed by atoms with Gasteiger partial charge in [-0.15, -0.1) is 11.3 Å². The third kappa shape index (κ3) is 4.92. The molecule has 0 aliphatic rings. The number of carboxylic acid groups (broad SMARTS) is 1. The van der Waals surface area contributed by atoms with Crippen LogP contribution in [0.5, 0.6) is 11.5 Å². The maximum absolute atomic E-state index is 10.4. The first-order valence-electron chi connectivity index (χ1n) is 6.29. The van der Waals surface area contributed by atoms with Crippen LogP contribution in [0.1, 0.15) is 10.7 Å². The zero-order valence-corrected chi connectivity index (χ0v) is 12.3. The molecule has 0 fully saturated rings. The lowest BCUT2D eigenvalue weighted by Crippen LogP contribution is -2.01. The van der Waals surface area contributed by atoms with E-state index in [0.29, 0.717) is 18.7 Å². The Hall–Kier alpha value is -2.34. The van der Waals surface area contributed by atoms with Crippen molar-refractivity contribution in [2.24, 2.45) is 0 Å². The van der Waals surface area contributed by atoms with Gasteiger partial charge in [0.25, 0.3) is 0 Å². The van der Waals surface area contributed by atoms with E-state index in [1.807, 2.05) is 29.6 Å². The number of aliphatic carboxylic acids is 1. The standard InChI is InChI=1S/C15H15NO4S/c1-19-12-3-5-13(6-4-12)20-9-8-14-16-11(10-21-14)2-7-15(17)18/h2-7,10H,8-9H2,1H3,(H,17,18)/b7-2+. The van der Waals surface area contributed by atoms with Gasteiger partial charge in [-0.05, 0) is 30.3 Å². The molecule has 1 heterocycles. The Bertz CT molecular complexity index is 619. The lowest BCUT2D eigenvalue weighted by molar-refractivity contribution is -0.131. The van der Waals surface area contributed by atoms with Crippen LogP contribution in [0.15, 0.2) is 35.7 Å². The number of methoxy groups -OCH3 is 1. The fraction of sp³-hybridized carbons (Fsp3) is 0.200. The van der Waals surface area contributed by atoms with E-state index >= 15 is 0 Å². The van der Waals surface area contributed by atoms with Gasteiger partial charge in [-0.3, -0.25) is 0 Å². The van der Waals surface area contributed by atoms with E-state index < -0.39 is 5.97 Å². The van der Waals surface area contributed by atoms with E-state index in [9.17, 15) is 4.79 Å². The van der Waals surface area contributed by atoms with Gasteiger partial charge in [-0.25, -0.2) is 9.78 Å². The molecule has 0 unspecified atom stereocenters. The molecule has 0 saturated carbocycles. The maximum Gasteiger partial charge on any atom is 0.328 e. The summed E-state index contributed by atoms with van der Waals surface area (Å²) < 4.78 is 10.7. The Morgan fingerprint density at radius 3 is 2.71 bits per heavy atom. The Labute approximate surface area is 126 Å². The van der Waals surface area contributed by atoms with Gasteiger partial charge in [-0.2, -0.15) is 0 Å². The van der Waals surface area contributed by atoms with E-state index in [-0.39, 0.29) is 0 Å². The number of ether oxygens (including phenoxy) is 2. The van der Waals surface area contributed by atoms with Crippen molar-refractivity contribution < 1.29 is 19.4 Å². The van der Waals surface area contributed by atoms with Crippen LogP contribution in [-0.2, 0) is 11.2 Å². The molecule has 0 spiro atoms. The number of hydrogen-bond donors (Lipinski definition) is 1. The lowest BCUT2D eigenvalue weighted by atomic mass is 10.3. The summed E-state index contributed by atoms with van der Waals surface area (Å²) in [6, 6.07) is 7.38. The quantitative estimate of drug-likeness (QED) is 0.797. The minimum atomic E-state index is -0.979. The van der Waals surface area contributed by atoms with Gasteiger partial charge in [0.2, 0.25) is 0 Å². The van der Waals surface area contributed by atoms with Crippen LogP contribution in [-0.4, -0.2) is 29.8 Å². The van der Waals surface area contributed by atoms with Gasteiger partial charge in [0.15, 0.2) is 0 Å². The third-order valence-corrected chi connectivity index (χ3v) is 3.54. The van der Waals surface area contributed by atoms with Gasteiger partial charge in [-0.1, -0.05) is 0 Å². The molecule has 0 aliphatic carbocycles. The van der Waals surface area contributed by atoms with Gasteiger partial charge < -0.3 is 14.6 Å². The molecule has 0 saturated heterocycles. The molecule has 21 heavy (non-hydrogen) atoms. The van der Waals surface area contributed by atoms with Crippen LogP contribution < -0.4 is 9.47 Å². The summed E-state index contributed by atoms with van der Waals surface area (Å²) in [5.74, 6) is 0.586. The first kappa shape index (κ1) is 15.1. The zero-order valence-electron chi connectivity index (χ0n) is 11.5. The largest absolute Gasteiger partial charge is 0.497 e. The summed E-state index contributed by atoms with van der Waals surface area (Å²) in [7, 11) is 1.62. The number of benzene rings is 1. The Morgan fingerprint density at radius 1 is 1.33 bits per heavy atom. The minimum absolute atomic E-state index is 0.516. The second-order valence-electron chi connectivity index (χ2n) is 4.11. The van der Waals surface area contributed by atoms with Gasteiger partial charge in [0.05, 0.1) is 24.4 Å². The number of hydrogen-bond acceptors (Lipinski definition) is 5. The first-order chi connectivity index (χ1) is 10.2. The van der Waals surface area contributed by atoms with Crippen LogP contribution >= 0.6 is 11.3 Å². The molecule has 0 radical (unpaired) electrons. The van der Waals surface area contributed by atoms with E-state index in [1.54, 1.807) is 7.11 Å². The molecule has 1 aromatic heterocycles. The van der Waals surface area contributed by atoms with Crippen molar-refractivity contribution in [3.8, 4) is 11.5 Å². The van der Waals surface area contributed by atoms with Gasteiger partial charge >= 0.3 is 5.97 Å². The average molecular weight is 305 g/mol. The predicted molar refractivity (Wildman–Crippen MR) is 81.0 cm³/mol. The molecule has 6 heteroatoms. The van der Waals surface area contributed by atoms with E-state index in [0.717, 1.165) is 22.6 Å². The monoisotopic (exact) mass is 305 g/mol. The summed E-state index contributed by atoms with van der Waals surface area (Å²) in [4.78, 5) is 14.7. The minimum Gasteiger partial charge on any atom is -0.497 e. The maximum atomic E-state index is 10.4. The molecule has 0 aliphatic heterocycles. The molecule has 0 atom stereocenters. The zero-order chi connectivity index (χ0) is 15.1. The normalized spacial score (nSPS) is 10.7. The molecule has 1 N–H and O–H groups in total. The van der Waals surface area contributed by atoms with Crippen LogP contribution in [0.25, 0.3) is 6.08 Å². The Kier molecular flexibility index (Phi) is 5.34. The van der Waals surface area contributed by atoms with Crippen molar-refractivity contribution in [3.05, 3.63) is 46.4 Å². The molecule has 110 valence electrons. The summed E-state index contributed by atoms with van der Waals surface area (Å²) >= 11 is 1.49. The summed E-state index contributed by atoms with van der Waals surface area (Å²) in [6.45, 7) is 0.516. The highest BCUT2D eigenvalue weighted by Crippen LogP contribution is 2.18. The number of rotatable bonds is 7. The van der Waals surface area contributed by atoms with E-state index in [1.165, 1.54) is 17.4 Å². The summed E-state index contributed by atoms with van der Waals surface area (Å²) in [6.07, 6.45) is 3.23. The molecule has 2 aromatic rings. The average Bonchev–Trinajstić information content (AvgIpc) is 2.94. The highest BCUT2D eigenvalue weighted by molar-refractivity contribution is 7.09. The van der Waals surface area contributed by atoms with Gasteiger partial charge in [0.1, 0.15) is 11.5 Å². The highest BCUT2D eigenvalue weighted by Gasteiger charge is 2.01. The molecule has 1 aromatic carbocycles. The smallest absolute Gasteiger partial charge is 0.328 e. The van der Waals surface area contributed by atoms with Gasteiger partial charge in [0, 0.05) is 17.9 Å². The third-order valence-electron chi connectivity index (χ3n) is 2.61. The Balaban J connectivity index is 1.81. The Morgan fingerprint density at radius 2 is 2.05 bits per heavy atom. The second-order valence-corrected chi connectivity index (χ2v) is 5.05.